The van der Waals surface area contributed by atoms with Gasteiger partial charge in [-0.05, 0) is 35.2 Å². The second kappa shape index (κ2) is 8.61. The van der Waals surface area contributed by atoms with Crippen molar-refractivity contribution in [1.29, 1.82) is 0 Å². The Kier molecular flexibility index (Phi) is 5.98. The summed E-state index contributed by atoms with van der Waals surface area (Å²) < 4.78 is 16.8. The Morgan fingerprint density at radius 1 is 0.889 bits per heavy atom. The molecule has 144 valence electrons. The lowest BCUT2D eigenvalue weighted by Gasteiger charge is -2.51. The first-order chi connectivity index (χ1) is 13.3. The first-order valence-electron chi connectivity index (χ1n) is 9.62. The Morgan fingerprint density at radius 3 is 2.07 bits per heavy atom. The Balaban J connectivity index is 1.47. The van der Waals surface area contributed by atoms with Gasteiger partial charge >= 0.3 is 0 Å². The zero-order valence-corrected chi connectivity index (χ0v) is 16.3. The maximum atomic E-state index is 5.68. The number of benzene rings is 2. The third kappa shape index (κ3) is 3.99. The summed E-state index contributed by atoms with van der Waals surface area (Å²) in [7, 11) is 0. The molecular formula is C22H26ClNO3. The molecule has 4 rings (SSSR count). The molecule has 27 heavy (non-hydrogen) atoms. The predicted octanol–water partition coefficient (Wildman–Crippen LogP) is 3.92. The molecule has 0 saturated carbocycles. The maximum Gasteiger partial charge on any atom is 0.119 e. The largest absolute Gasteiger partial charge is 0.494 e. The first kappa shape index (κ1) is 18.8. The van der Waals surface area contributed by atoms with Gasteiger partial charge in [0.25, 0.3) is 0 Å². The number of nitrogens with zero attached hydrogens (tertiary/aromatic N) is 1. The molecule has 0 unspecified atom stereocenters. The Bertz CT molecular complexity index is 722. The van der Waals surface area contributed by atoms with E-state index in [-0.39, 0.29) is 5.54 Å². The highest BCUT2D eigenvalue weighted by molar-refractivity contribution is 6.17. The number of rotatable bonds is 7. The van der Waals surface area contributed by atoms with Gasteiger partial charge in [0.1, 0.15) is 5.75 Å². The van der Waals surface area contributed by atoms with E-state index in [4.69, 9.17) is 25.8 Å². The fourth-order valence-electron chi connectivity index (χ4n) is 3.78. The van der Waals surface area contributed by atoms with Crippen LogP contribution in [0.4, 0.5) is 0 Å². The minimum atomic E-state index is 0.0163. The molecule has 2 heterocycles. The molecule has 0 amide bonds. The van der Waals surface area contributed by atoms with E-state index in [0.29, 0.717) is 12.5 Å². The second-order valence-corrected chi connectivity index (χ2v) is 7.49. The minimum Gasteiger partial charge on any atom is -0.494 e. The average Bonchev–Trinajstić information content (AvgIpc) is 2.69. The smallest absolute Gasteiger partial charge is 0.119 e. The normalized spacial score (nSPS) is 19.4. The van der Waals surface area contributed by atoms with Crippen molar-refractivity contribution in [2.24, 2.45) is 0 Å². The average molecular weight is 388 g/mol. The number of alkyl halides is 1. The second-order valence-electron chi connectivity index (χ2n) is 7.12. The topological polar surface area (TPSA) is 30.9 Å². The van der Waals surface area contributed by atoms with Crippen LogP contribution in [0.25, 0.3) is 11.1 Å². The van der Waals surface area contributed by atoms with Crippen molar-refractivity contribution in [3.63, 3.8) is 0 Å². The van der Waals surface area contributed by atoms with E-state index in [1.807, 2.05) is 12.1 Å². The summed E-state index contributed by atoms with van der Waals surface area (Å²) in [5.41, 5.74) is 3.75. The van der Waals surface area contributed by atoms with Crippen LogP contribution in [0.3, 0.4) is 0 Å². The standard InChI is InChI=1S/C22H26ClNO3/c23-10-1-13-27-21-8-4-19(5-9-21)18-2-6-20(7-3-18)22(16-26-17-22)24-11-14-25-15-12-24/h2-9H,1,10-17H2. The fraction of sp³-hybridized carbons (Fsp3) is 0.455. The SMILES string of the molecule is ClCCCOc1ccc(-c2ccc(C3(N4CCOCC4)COC3)cc2)cc1. The van der Waals surface area contributed by atoms with Crippen LogP contribution < -0.4 is 4.74 Å². The van der Waals surface area contributed by atoms with Crippen LogP contribution in [0, 0.1) is 0 Å². The van der Waals surface area contributed by atoms with E-state index >= 15 is 0 Å². The zero-order chi connectivity index (χ0) is 18.5. The highest BCUT2D eigenvalue weighted by atomic mass is 35.5. The molecule has 0 aromatic heterocycles. The molecule has 5 heteroatoms. The lowest BCUT2D eigenvalue weighted by atomic mass is 9.85. The van der Waals surface area contributed by atoms with Gasteiger partial charge in [0.15, 0.2) is 0 Å². The summed E-state index contributed by atoms with van der Waals surface area (Å²) in [6.07, 6.45) is 0.860. The molecule has 2 aliphatic heterocycles. The molecule has 0 spiro atoms. The molecule has 4 nitrogen and oxygen atoms in total. The van der Waals surface area contributed by atoms with E-state index < -0.39 is 0 Å². The summed E-state index contributed by atoms with van der Waals surface area (Å²) in [5, 5.41) is 0. The van der Waals surface area contributed by atoms with Crippen LogP contribution in [0.2, 0.25) is 0 Å². The van der Waals surface area contributed by atoms with Gasteiger partial charge in [-0.1, -0.05) is 36.4 Å². The summed E-state index contributed by atoms with van der Waals surface area (Å²) >= 11 is 5.68. The van der Waals surface area contributed by atoms with Crippen LogP contribution in [0.5, 0.6) is 5.75 Å². The summed E-state index contributed by atoms with van der Waals surface area (Å²) in [6.45, 7) is 5.73. The zero-order valence-electron chi connectivity index (χ0n) is 15.5. The van der Waals surface area contributed by atoms with Crippen molar-refractivity contribution in [3.8, 4) is 16.9 Å². The molecule has 2 saturated heterocycles. The highest BCUT2D eigenvalue weighted by Crippen LogP contribution is 2.37. The molecule has 0 N–H and O–H groups in total. The van der Waals surface area contributed by atoms with Gasteiger partial charge in [-0.3, -0.25) is 4.90 Å². The maximum absolute atomic E-state index is 5.68. The Labute approximate surface area is 166 Å². The van der Waals surface area contributed by atoms with Crippen molar-refractivity contribution in [3.05, 3.63) is 54.1 Å². The molecule has 0 bridgehead atoms. The number of morpholine rings is 1. The molecule has 2 fully saturated rings. The molecule has 2 aromatic rings. The van der Waals surface area contributed by atoms with Crippen molar-refractivity contribution in [2.75, 3.05) is 52.0 Å². The lowest BCUT2D eigenvalue weighted by Crippen LogP contribution is -2.62. The Hall–Kier alpha value is -1.59. The molecule has 2 aliphatic rings. The van der Waals surface area contributed by atoms with E-state index in [1.54, 1.807) is 0 Å². The van der Waals surface area contributed by atoms with Crippen molar-refractivity contribution < 1.29 is 14.2 Å². The van der Waals surface area contributed by atoms with Gasteiger partial charge in [-0.25, -0.2) is 0 Å². The van der Waals surface area contributed by atoms with Gasteiger partial charge in [-0.2, -0.15) is 0 Å². The quantitative estimate of drug-likeness (QED) is 0.532. The Morgan fingerprint density at radius 2 is 1.52 bits per heavy atom. The summed E-state index contributed by atoms with van der Waals surface area (Å²) in [6, 6.07) is 17.2. The fourth-order valence-corrected chi connectivity index (χ4v) is 3.89. The number of ether oxygens (including phenoxy) is 3. The van der Waals surface area contributed by atoms with E-state index in [1.165, 1.54) is 16.7 Å². The van der Waals surface area contributed by atoms with Crippen LogP contribution in [0.1, 0.15) is 12.0 Å². The van der Waals surface area contributed by atoms with Crippen molar-refractivity contribution in [1.82, 2.24) is 4.90 Å². The molecule has 0 radical (unpaired) electrons. The van der Waals surface area contributed by atoms with Gasteiger partial charge in [0.2, 0.25) is 0 Å². The van der Waals surface area contributed by atoms with Crippen LogP contribution in [-0.2, 0) is 15.0 Å². The number of halogens is 1. The number of hydrogen-bond donors (Lipinski definition) is 0. The van der Waals surface area contributed by atoms with Crippen molar-refractivity contribution >= 4 is 11.6 Å². The van der Waals surface area contributed by atoms with Crippen LogP contribution in [-0.4, -0.2) is 56.9 Å². The van der Waals surface area contributed by atoms with Crippen molar-refractivity contribution in [2.45, 2.75) is 12.0 Å². The van der Waals surface area contributed by atoms with Crippen LogP contribution >= 0.6 is 11.6 Å². The predicted molar refractivity (Wildman–Crippen MR) is 108 cm³/mol. The van der Waals surface area contributed by atoms with Gasteiger partial charge in [0, 0.05) is 19.0 Å². The van der Waals surface area contributed by atoms with Gasteiger partial charge in [-0.15, -0.1) is 11.6 Å². The third-order valence-corrected chi connectivity index (χ3v) is 5.72. The number of hydrogen-bond acceptors (Lipinski definition) is 4. The van der Waals surface area contributed by atoms with Gasteiger partial charge in [0.05, 0.1) is 38.6 Å². The third-order valence-electron chi connectivity index (χ3n) is 5.45. The molecular weight excluding hydrogens is 362 g/mol. The van der Waals surface area contributed by atoms with E-state index in [2.05, 4.69) is 41.3 Å². The molecule has 0 aliphatic carbocycles. The molecule has 2 aromatic carbocycles. The highest BCUT2D eigenvalue weighted by Gasteiger charge is 2.45. The molecule has 0 atom stereocenters. The summed E-state index contributed by atoms with van der Waals surface area (Å²) in [4.78, 5) is 2.52. The lowest BCUT2D eigenvalue weighted by molar-refractivity contribution is -0.166. The van der Waals surface area contributed by atoms with E-state index in [9.17, 15) is 0 Å². The van der Waals surface area contributed by atoms with Crippen LogP contribution in [0.15, 0.2) is 48.5 Å². The van der Waals surface area contributed by atoms with Gasteiger partial charge < -0.3 is 14.2 Å². The monoisotopic (exact) mass is 387 g/mol. The minimum absolute atomic E-state index is 0.0163. The summed E-state index contributed by atoms with van der Waals surface area (Å²) in [5.74, 6) is 1.51. The first-order valence-corrected chi connectivity index (χ1v) is 10.2. The van der Waals surface area contributed by atoms with E-state index in [0.717, 1.165) is 51.7 Å².